The van der Waals surface area contributed by atoms with Crippen LogP contribution in [0.25, 0.3) is 0 Å². The molecule has 106 valence electrons. The highest BCUT2D eigenvalue weighted by Crippen LogP contribution is 2.08. The molecule has 1 amide bonds. The predicted octanol–water partition coefficient (Wildman–Crippen LogP) is 1.85. The van der Waals surface area contributed by atoms with Crippen molar-refractivity contribution in [2.24, 2.45) is 0 Å². The first-order valence-corrected chi connectivity index (χ1v) is 6.80. The van der Waals surface area contributed by atoms with E-state index in [2.05, 4.69) is 11.0 Å². The second-order valence-electron chi connectivity index (χ2n) is 4.87. The Morgan fingerprint density at radius 3 is 2.55 bits per heavy atom. The molecule has 0 radical (unpaired) electrons. The minimum absolute atomic E-state index is 0.0995. The Kier molecular flexibility index (Phi) is 4.97. The summed E-state index contributed by atoms with van der Waals surface area (Å²) < 4.78 is 5.29. The Balaban J connectivity index is 1.76. The summed E-state index contributed by atoms with van der Waals surface area (Å²) in [4.78, 5) is 15.7. The first-order chi connectivity index (χ1) is 9.70. The Morgan fingerprint density at radius 2 is 1.95 bits per heavy atom. The maximum absolute atomic E-state index is 11.9. The molecular weight excluding hydrogens is 254 g/mol. The van der Waals surface area contributed by atoms with Gasteiger partial charge >= 0.3 is 6.09 Å². The van der Waals surface area contributed by atoms with Crippen LogP contribution in [-0.2, 0) is 11.3 Å². The zero-order chi connectivity index (χ0) is 14.4. The summed E-state index contributed by atoms with van der Waals surface area (Å²) >= 11 is 0. The lowest BCUT2D eigenvalue weighted by Gasteiger charge is -2.35. The van der Waals surface area contributed by atoms with Gasteiger partial charge in [0.1, 0.15) is 6.61 Å². The van der Waals surface area contributed by atoms with E-state index in [0.29, 0.717) is 19.7 Å². The van der Waals surface area contributed by atoms with Crippen molar-refractivity contribution in [2.45, 2.75) is 19.6 Å². The molecule has 5 nitrogen and oxygen atoms in total. The average Bonchev–Trinajstić information content (AvgIpc) is 2.53. The first-order valence-electron chi connectivity index (χ1n) is 6.80. The van der Waals surface area contributed by atoms with Crippen LogP contribution in [0.1, 0.15) is 12.5 Å². The SMILES string of the molecule is CC(C#N)N1CCN(C(=O)OCc2ccccc2)CC1. The van der Waals surface area contributed by atoms with Crippen LogP contribution in [0.3, 0.4) is 0 Å². The number of carbonyl (C=O) groups is 1. The molecule has 1 aliphatic rings. The van der Waals surface area contributed by atoms with E-state index in [0.717, 1.165) is 18.7 Å². The van der Waals surface area contributed by atoms with E-state index >= 15 is 0 Å². The molecule has 1 aliphatic heterocycles. The minimum atomic E-state index is -0.280. The normalized spacial score (nSPS) is 17.3. The molecule has 2 rings (SSSR count). The van der Waals surface area contributed by atoms with Gasteiger partial charge in [0.15, 0.2) is 0 Å². The van der Waals surface area contributed by atoms with Crippen molar-refractivity contribution in [3.63, 3.8) is 0 Å². The topological polar surface area (TPSA) is 56.6 Å². The van der Waals surface area contributed by atoms with E-state index in [1.807, 2.05) is 37.3 Å². The number of amides is 1. The highest BCUT2D eigenvalue weighted by Gasteiger charge is 2.24. The number of ether oxygens (including phenoxy) is 1. The molecule has 1 aromatic carbocycles. The van der Waals surface area contributed by atoms with Gasteiger partial charge in [0.2, 0.25) is 0 Å². The summed E-state index contributed by atoms with van der Waals surface area (Å²) in [5.41, 5.74) is 0.984. The fraction of sp³-hybridized carbons (Fsp3) is 0.467. The Labute approximate surface area is 119 Å². The van der Waals surface area contributed by atoms with Gasteiger partial charge in [-0.1, -0.05) is 30.3 Å². The van der Waals surface area contributed by atoms with Crippen LogP contribution in [0, 0.1) is 11.3 Å². The van der Waals surface area contributed by atoms with Crippen molar-refractivity contribution in [1.82, 2.24) is 9.80 Å². The van der Waals surface area contributed by atoms with Gasteiger partial charge in [0.25, 0.3) is 0 Å². The lowest BCUT2D eigenvalue weighted by atomic mass is 10.2. The molecule has 0 spiro atoms. The molecule has 0 saturated carbocycles. The molecule has 1 fully saturated rings. The molecule has 1 aromatic rings. The molecule has 0 aliphatic carbocycles. The van der Waals surface area contributed by atoms with E-state index < -0.39 is 0 Å². The summed E-state index contributed by atoms with van der Waals surface area (Å²) in [6.45, 7) is 4.83. The van der Waals surface area contributed by atoms with Gasteiger partial charge in [-0.3, -0.25) is 4.90 Å². The van der Waals surface area contributed by atoms with Crippen molar-refractivity contribution in [3.8, 4) is 6.07 Å². The van der Waals surface area contributed by atoms with Gasteiger partial charge in [-0.15, -0.1) is 0 Å². The van der Waals surface area contributed by atoms with E-state index in [4.69, 9.17) is 10.00 Å². The van der Waals surface area contributed by atoms with E-state index in [-0.39, 0.29) is 12.1 Å². The molecule has 1 saturated heterocycles. The summed E-state index contributed by atoms with van der Waals surface area (Å²) in [6, 6.07) is 11.8. The lowest BCUT2D eigenvalue weighted by molar-refractivity contribution is 0.0677. The third-order valence-corrected chi connectivity index (χ3v) is 3.51. The average molecular weight is 273 g/mol. The van der Waals surface area contributed by atoms with Gasteiger partial charge in [-0.05, 0) is 12.5 Å². The number of benzene rings is 1. The summed E-state index contributed by atoms with van der Waals surface area (Å²) in [5, 5.41) is 8.88. The molecule has 0 N–H and O–H groups in total. The van der Waals surface area contributed by atoms with E-state index in [1.165, 1.54) is 0 Å². The zero-order valence-electron chi connectivity index (χ0n) is 11.7. The Bertz CT molecular complexity index is 476. The third kappa shape index (κ3) is 3.72. The molecule has 1 heterocycles. The van der Waals surface area contributed by atoms with Gasteiger partial charge in [0.05, 0.1) is 12.1 Å². The molecule has 0 aromatic heterocycles. The van der Waals surface area contributed by atoms with Crippen LogP contribution in [0.2, 0.25) is 0 Å². The van der Waals surface area contributed by atoms with Crippen molar-refractivity contribution in [2.75, 3.05) is 26.2 Å². The summed E-state index contributed by atoms with van der Waals surface area (Å²) in [5.74, 6) is 0. The van der Waals surface area contributed by atoms with Crippen LogP contribution in [0.15, 0.2) is 30.3 Å². The van der Waals surface area contributed by atoms with E-state index in [9.17, 15) is 4.79 Å². The Morgan fingerprint density at radius 1 is 1.30 bits per heavy atom. The summed E-state index contributed by atoms with van der Waals surface area (Å²) in [6.07, 6.45) is -0.280. The lowest BCUT2D eigenvalue weighted by Crippen LogP contribution is -2.51. The fourth-order valence-electron chi connectivity index (χ4n) is 2.18. The summed E-state index contributed by atoms with van der Waals surface area (Å²) in [7, 11) is 0. The highest BCUT2D eigenvalue weighted by atomic mass is 16.6. The maximum Gasteiger partial charge on any atom is 0.410 e. The van der Waals surface area contributed by atoms with E-state index in [1.54, 1.807) is 4.90 Å². The second kappa shape index (κ2) is 6.92. The Hall–Kier alpha value is -2.06. The molecule has 0 bridgehead atoms. The number of piperazine rings is 1. The van der Waals surface area contributed by atoms with Crippen LogP contribution >= 0.6 is 0 Å². The van der Waals surface area contributed by atoms with Gasteiger partial charge in [0, 0.05) is 26.2 Å². The van der Waals surface area contributed by atoms with Crippen molar-refractivity contribution < 1.29 is 9.53 Å². The maximum atomic E-state index is 11.9. The number of nitrogens with zero attached hydrogens (tertiary/aromatic N) is 3. The number of nitriles is 1. The van der Waals surface area contributed by atoms with Crippen molar-refractivity contribution in [3.05, 3.63) is 35.9 Å². The third-order valence-electron chi connectivity index (χ3n) is 3.51. The second-order valence-corrected chi connectivity index (χ2v) is 4.87. The molecule has 1 atom stereocenters. The molecule has 1 unspecified atom stereocenters. The number of carbonyl (C=O) groups excluding carboxylic acids is 1. The van der Waals surface area contributed by atoms with Crippen LogP contribution in [0.4, 0.5) is 4.79 Å². The molecule has 20 heavy (non-hydrogen) atoms. The number of hydrogen-bond acceptors (Lipinski definition) is 4. The minimum Gasteiger partial charge on any atom is -0.445 e. The van der Waals surface area contributed by atoms with Crippen LogP contribution < -0.4 is 0 Å². The predicted molar refractivity (Wildman–Crippen MR) is 74.8 cm³/mol. The highest BCUT2D eigenvalue weighted by molar-refractivity contribution is 5.67. The fourth-order valence-corrected chi connectivity index (χ4v) is 2.18. The van der Waals surface area contributed by atoms with Gasteiger partial charge in [-0.2, -0.15) is 5.26 Å². The zero-order valence-corrected chi connectivity index (χ0v) is 11.7. The van der Waals surface area contributed by atoms with Crippen molar-refractivity contribution in [1.29, 1.82) is 5.26 Å². The van der Waals surface area contributed by atoms with Crippen LogP contribution in [-0.4, -0.2) is 48.1 Å². The molecular formula is C15H19N3O2. The van der Waals surface area contributed by atoms with Crippen molar-refractivity contribution >= 4 is 6.09 Å². The number of hydrogen-bond donors (Lipinski definition) is 0. The van der Waals surface area contributed by atoms with Gasteiger partial charge in [-0.25, -0.2) is 4.79 Å². The van der Waals surface area contributed by atoms with Gasteiger partial charge < -0.3 is 9.64 Å². The smallest absolute Gasteiger partial charge is 0.410 e. The standard InChI is InChI=1S/C15H19N3O2/c1-13(11-16)17-7-9-18(10-8-17)15(19)20-12-14-5-3-2-4-6-14/h2-6,13H,7-10,12H2,1H3. The van der Waals surface area contributed by atoms with Crippen LogP contribution in [0.5, 0.6) is 0 Å². The first kappa shape index (κ1) is 14.4. The number of rotatable bonds is 3. The quantitative estimate of drug-likeness (QED) is 0.843. The largest absolute Gasteiger partial charge is 0.445 e. The monoisotopic (exact) mass is 273 g/mol. The molecule has 5 heteroatoms.